The van der Waals surface area contributed by atoms with Crippen molar-refractivity contribution >= 4 is 5.91 Å². The summed E-state index contributed by atoms with van der Waals surface area (Å²) in [6, 6.07) is 0.477. The number of fused-ring (bicyclic) bond motifs is 1. The third-order valence-corrected chi connectivity index (χ3v) is 4.62. The van der Waals surface area contributed by atoms with Crippen molar-refractivity contribution in [1.82, 2.24) is 20.4 Å². The zero-order chi connectivity index (χ0) is 14.8. The number of nitrogens with zero attached hydrogens (tertiary/aromatic N) is 3. The molecule has 1 saturated carbocycles. The van der Waals surface area contributed by atoms with Crippen LogP contribution in [0.15, 0.2) is 4.52 Å². The van der Waals surface area contributed by atoms with Crippen LogP contribution < -0.4 is 5.32 Å². The molecule has 1 aliphatic carbocycles. The van der Waals surface area contributed by atoms with Crippen molar-refractivity contribution in [2.45, 2.75) is 38.5 Å². The first-order chi connectivity index (χ1) is 10.2. The number of piperidine rings is 1. The standard InChI is InChI=1S/C14H22N4O3/c1-18(7-14-16-12(8-20-2)17-21-14)11-3-9-5-13(19)15-6-10(9)4-11/h9-11H,3-8H2,1-2H3,(H,15,19)/t9-,10+,11-/m0/s1. The number of methoxy groups -OCH3 is 1. The predicted molar refractivity (Wildman–Crippen MR) is 74.1 cm³/mol. The Morgan fingerprint density at radius 2 is 2.24 bits per heavy atom. The zero-order valence-corrected chi connectivity index (χ0v) is 12.5. The van der Waals surface area contributed by atoms with Gasteiger partial charge in [-0.25, -0.2) is 0 Å². The highest BCUT2D eigenvalue weighted by Gasteiger charge is 2.39. The molecule has 1 amide bonds. The summed E-state index contributed by atoms with van der Waals surface area (Å²) in [4.78, 5) is 18.0. The molecule has 0 unspecified atom stereocenters. The summed E-state index contributed by atoms with van der Waals surface area (Å²) < 4.78 is 10.2. The minimum Gasteiger partial charge on any atom is -0.377 e. The van der Waals surface area contributed by atoms with Crippen LogP contribution in [-0.4, -0.2) is 47.7 Å². The lowest BCUT2D eigenvalue weighted by molar-refractivity contribution is -0.124. The van der Waals surface area contributed by atoms with Gasteiger partial charge in [0.2, 0.25) is 11.8 Å². The van der Waals surface area contributed by atoms with Gasteiger partial charge in [-0.3, -0.25) is 9.69 Å². The Morgan fingerprint density at radius 3 is 3.05 bits per heavy atom. The molecule has 2 fully saturated rings. The van der Waals surface area contributed by atoms with Crippen LogP contribution >= 0.6 is 0 Å². The second kappa shape index (κ2) is 6.11. The number of aromatic nitrogens is 2. The van der Waals surface area contributed by atoms with Crippen molar-refractivity contribution < 1.29 is 14.1 Å². The molecule has 0 bridgehead atoms. The number of nitrogens with one attached hydrogen (secondary N) is 1. The molecule has 1 saturated heterocycles. The zero-order valence-electron chi connectivity index (χ0n) is 12.5. The van der Waals surface area contributed by atoms with Gasteiger partial charge in [-0.15, -0.1) is 0 Å². The topological polar surface area (TPSA) is 80.5 Å². The van der Waals surface area contributed by atoms with E-state index in [1.54, 1.807) is 7.11 Å². The first-order valence-corrected chi connectivity index (χ1v) is 7.43. The molecule has 1 aliphatic heterocycles. The van der Waals surface area contributed by atoms with E-state index in [9.17, 15) is 4.79 Å². The highest BCUT2D eigenvalue weighted by atomic mass is 16.5. The number of amides is 1. The number of hydrogen-bond donors (Lipinski definition) is 1. The van der Waals surface area contributed by atoms with E-state index >= 15 is 0 Å². The highest BCUT2D eigenvalue weighted by Crippen LogP contribution is 2.38. The monoisotopic (exact) mass is 294 g/mol. The quantitative estimate of drug-likeness (QED) is 0.855. The minimum atomic E-state index is 0.195. The second-order valence-corrected chi connectivity index (χ2v) is 6.11. The maximum atomic E-state index is 11.5. The summed E-state index contributed by atoms with van der Waals surface area (Å²) in [6.07, 6.45) is 2.88. The van der Waals surface area contributed by atoms with Crippen molar-refractivity contribution in [3.05, 3.63) is 11.7 Å². The fraction of sp³-hybridized carbons (Fsp3) is 0.786. The lowest BCUT2D eigenvalue weighted by Gasteiger charge is -2.24. The maximum Gasteiger partial charge on any atom is 0.240 e. The number of rotatable bonds is 5. The molecule has 1 N–H and O–H groups in total. The summed E-state index contributed by atoms with van der Waals surface area (Å²) >= 11 is 0. The Labute approximate surface area is 124 Å². The molecule has 3 atom stereocenters. The van der Waals surface area contributed by atoms with Crippen LogP contribution in [0.4, 0.5) is 0 Å². The Hall–Kier alpha value is -1.47. The van der Waals surface area contributed by atoms with Crippen molar-refractivity contribution in [2.24, 2.45) is 11.8 Å². The summed E-state index contributed by atoms with van der Waals surface area (Å²) in [7, 11) is 3.69. The third kappa shape index (κ3) is 3.24. The largest absolute Gasteiger partial charge is 0.377 e. The molecule has 0 aromatic carbocycles. The smallest absolute Gasteiger partial charge is 0.240 e. The molecule has 116 valence electrons. The van der Waals surface area contributed by atoms with Gasteiger partial charge in [-0.2, -0.15) is 4.98 Å². The van der Waals surface area contributed by atoms with Crippen molar-refractivity contribution in [1.29, 1.82) is 0 Å². The average Bonchev–Trinajstić information content (AvgIpc) is 3.05. The molecule has 1 aromatic rings. The molecule has 3 rings (SSSR count). The molecule has 0 spiro atoms. The summed E-state index contributed by atoms with van der Waals surface area (Å²) in [6.45, 7) is 1.84. The number of carbonyl (C=O) groups is 1. The Morgan fingerprint density at radius 1 is 1.43 bits per heavy atom. The molecular formula is C14H22N4O3. The van der Waals surface area contributed by atoms with Crippen molar-refractivity contribution in [3.63, 3.8) is 0 Å². The van der Waals surface area contributed by atoms with Crippen LogP contribution in [0.25, 0.3) is 0 Å². The van der Waals surface area contributed by atoms with E-state index in [0.717, 1.165) is 19.4 Å². The molecule has 0 radical (unpaired) electrons. The van der Waals surface area contributed by atoms with Crippen LogP contribution in [0.3, 0.4) is 0 Å². The van der Waals surface area contributed by atoms with E-state index in [4.69, 9.17) is 9.26 Å². The van der Waals surface area contributed by atoms with E-state index in [2.05, 4.69) is 27.4 Å². The molecule has 7 heteroatoms. The molecule has 7 nitrogen and oxygen atoms in total. The van der Waals surface area contributed by atoms with Crippen molar-refractivity contribution in [2.75, 3.05) is 20.7 Å². The Balaban J connectivity index is 1.55. The lowest BCUT2D eigenvalue weighted by Crippen LogP contribution is -2.38. The SMILES string of the molecule is COCc1noc(CN(C)[C@H]2C[C@H]3CC(=O)NC[C@H]3C2)n1. The molecule has 2 heterocycles. The Kier molecular flexibility index (Phi) is 4.21. The first kappa shape index (κ1) is 14.5. The number of hydrogen-bond acceptors (Lipinski definition) is 6. The van der Waals surface area contributed by atoms with Crippen LogP contribution in [0, 0.1) is 11.8 Å². The third-order valence-electron chi connectivity index (χ3n) is 4.62. The summed E-state index contributed by atoms with van der Waals surface area (Å²) in [5, 5.41) is 6.84. The van der Waals surface area contributed by atoms with Gasteiger partial charge in [0.1, 0.15) is 6.61 Å². The summed E-state index contributed by atoms with van der Waals surface area (Å²) in [5.74, 6) is 2.53. The van der Waals surface area contributed by atoms with Crippen LogP contribution in [-0.2, 0) is 22.7 Å². The predicted octanol–water partition coefficient (Wildman–Crippen LogP) is 0.562. The van der Waals surface area contributed by atoms with Gasteiger partial charge in [0.25, 0.3) is 0 Å². The van der Waals surface area contributed by atoms with Gasteiger partial charge in [0.05, 0.1) is 6.54 Å². The maximum absolute atomic E-state index is 11.5. The first-order valence-electron chi connectivity index (χ1n) is 7.43. The van der Waals surface area contributed by atoms with E-state index < -0.39 is 0 Å². The molecular weight excluding hydrogens is 272 g/mol. The van der Waals surface area contributed by atoms with Gasteiger partial charge < -0.3 is 14.6 Å². The number of carbonyl (C=O) groups excluding carboxylic acids is 1. The van der Waals surface area contributed by atoms with Gasteiger partial charge >= 0.3 is 0 Å². The van der Waals surface area contributed by atoms with Gasteiger partial charge in [-0.1, -0.05) is 5.16 Å². The van der Waals surface area contributed by atoms with Gasteiger partial charge in [0, 0.05) is 26.1 Å². The average molecular weight is 294 g/mol. The van der Waals surface area contributed by atoms with Crippen molar-refractivity contribution in [3.8, 4) is 0 Å². The van der Waals surface area contributed by atoms with E-state index in [-0.39, 0.29) is 5.91 Å². The Bertz CT molecular complexity index is 504. The normalized spacial score (nSPS) is 28.7. The van der Waals surface area contributed by atoms with Crippen LogP contribution in [0.1, 0.15) is 31.0 Å². The minimum absolute atomic E-state index is 0.195. The molecule has 2 aliphatic rings. The fourth-order valence-corrected chi connectivity index (χ4v) is 3.48. The van der Waals surface area contributed by atoms with E-state index in [1.165, 1.54) is 0 Å². The van der Waals surface area contributed by atoms with E-state index in [0.29, 0.717) is 49.2 Å². The molecule has 1 aromatic heterocycles. The highest BCUT2D eigenvalue weighted by molar-refractivity contribution is 5.77. The van der Waals surface area contributed by atoms with Crippen LogP contribution in [0.5, 0.6) is 0 Å². The fourth-order valence-electron chi connectivity index (χ4n) is 3.48. The van der Waals surface area contributed by atoms with Crippen LogP contribution in [0.2, 0.25) is 0 Å². The number of ether oxygens (including phenoxy) is 1. The lowest BCUT2D eigenvalue weighted by atomic mass is 9.89. The van der Waals surface area contributed by atoms with E-state index in [1.807, 2.05) is 0 Å². The van der Waals surface area contributed by atoms with Gasteiger partial charge in [0.15, 0.2) is 5.82 Å². The molecule has 21 heavy (non-hydrogen) atoms. The second-order valence-electron chi connectivity index (χ2n) is 6.11. The summed E-state index contributed by atoms with van der Waals surface area (Å²) in [5.41, 5.74) is 0. The van der Waals surface area contributed by atoms with Gasteiger partial charge in [-0.05, 0) is 31.7 Å².